The number of aliphatic imine (C=N–C) groups is 1. The Morgan fingerprint density at radius 1 is 1.40 bits per heavy atom. The molecule has 0 spiro atoms. The average Bonchev–Trinajstić information content (AvgIpc) is 2.82. The van der Waals surface area contributed by atoms with E-state index in [-0.39, 0.29) is 24.8 Å². The van der Waals surface area contributed by atoms with E-state index in [1.165, 1.54) is 0 Å². The summed E-state index contributed by atoms with van der Waals surface area (Å²) in [5.41, 5.74) is 0.314. The van der Waals surface area contributed by atoms with Crippen molar-refractivity contribution >= 4 is 5.96 Å². The highest BCUT2D eigenvalue weighted by Crippen LogP contribution is 2.48. The van der Waals surface area contributed by atoms with Gasteiger partial charge in [-0.05, 0) is 26.7 Å². The number of alkyl halides is 3. The first kappa shape index (κ1) is 12.1. The number of nitrogens with one attached hydrogen (secondary N) is 2. The summed E-state index contributed by atoms with van der Waals surface area (Å²) in [5, 5.41) is 2.31. The minimum Gasteiger partial charge on any atom is -0.341 e. The van der Waals surface area contributed by atoms with E-state index in [4.69, 9.17) is 5.84 Å². The zero-order chi connectivity index (χ0) is 11.7. The molecule has 0 saturated heterocycles. The molecular formula is C8H15F3N4. The number of hydrogen-bond acceptors (Lipinski definition) is 2. The molecule has 0 atom stereocenters. The fraction of sp³-hybridized carbons (Fsp3) is 0.875. The van der Waals surface area contributed by atoms with Crippen molar-refractivity contribution < 1.29 is 13.2 Å². The molecule has 1 aliphatic rings. The summed E-state index contributed by atoms with van der Waals surface area (Å²) < 4.78 is 37.6. The second-order valence-electron chi connectivity index (χ2n) is 3.92. The number of rotatable bonds is 2. The lowest BCUT2D eigenvalue weighted by atomic mass is 10.2. The van der Waals surface area contributed by atoms with Crippen LogP contribution < -0.4 is 16.6 Å². The van der Waals surface area contributed by atoms with Gasteiger partial charge < -0.3 is 5.32 Å². The molecule has 0 bridgehead atoms. The van der Waals surface area contributed by atoms with Gasteiger partial charge in [0.1, 0.15) is 5.54 Å². The predicted octanol–water partition coefficient (Wildman–Crippen LogP) is 0.899. The number of guanidine groups is 1. The molecule has 0 unspecified atom stereocenters. The third-order valence-corrected chi connectivity index (χ3v) is 2.17. The summed E-state index contributed by atoms with van der Waals surface area (Å²) >= 11 is 0. The number of nitrogens with two attached hydrogens (primary N) is 1. The Morgan fingerprint density at radius 3 is 2.20 bits per heavy atom. The highest BCUT2D eigenvalue weighted by atomic mass is 19.4. The molecule has 0 aliphatic heterocycles. The maximum absolute atomic E-state index is 12.5. The zero-order valence-electron chi connectivity index (χ0n) is 8.65. The molecule has 4 N–H and O–H groups in total. The summed E-state index contributed by atoms with van der Waals surface area (Å²) in [4.78, 5) is 3.90. The van der Waals surface area contributed by atoms with Crippen LogP contribution in [0.2, 0.25) is 0 Å². The number of hydrazine groups is 1. The molecule has 1 fully saturated rings. The smallest absolute Gasteiger partial charge is 0.341 e. The number of nitrogens with zero attached hydrogens (tertiary/aromatic N) is 1. The van der Waals surface area contributed by atoms with E-state index in [1.54, 1.807) is 13.8 Å². The standard InChI is InChI=1S/C8H15F3N4/c1-5(2)13-6(15-12)14-7(3-4-7)8(9,10)11/h5H,3-4,12H2,1-2H3,(H2,13,14,15). The minimum atomic E-state index is -4.26. The van der Waals surface area contributed by atoms with E-state index >= 15 is 0 Å². The molecule has 0 aromatic heterocycles. The maximum Gasteiger partial charge on any atom is 0.411 e. The molecule has 1 aliphatic carbocycles. The molecule has 88 valence electrons. The quantitative estimate of drug-likeness (QED) is 0.282. The Balaban J connectivity index is 2.68. The van der Waals surface area contributed by atoms with Gasteiger partial charge in [-0.3, -0.25) is 5.43 Å². The lowest BCUT2D eigenvalue weighted by molar-refractivity contribution is -0.161. The summed E-state index contributed by atoms with van der Waals surface area (Å²) in [6.45, 7) is 3.51. The Morgan fingerprint density at radius 2 is 1.93 bits per heavy atom. The third-order valence-electron chi connectivity index (χ3n) is 2.17. The molecule has 4 nitrogen and oxygen atoms in total. The zero-order valence-corrected chi connectivity index (χ0v) is 8.65. The largest absolute Gasteiger partial charge is 0.411 e. The van der Waals surface area contributed by atoms with Crippen LogP contribution in [0.15, 0.2) is 4.99 Å². The molecule has 7 heteroatoms. The molecule has 0 radical (unpaired) electrons. The fourth-order valence-corrected chi connectivity index (χ4v) is 1.19. The summed E-state index contributed by atoms with van der Waals surface area (Å²) in [6, 6.07) is -0.118. The number of halogens is 3. The van der Waals surface area contributed by atoms with Crippen LogP contribution in [0.5, 0.6) is 0 Å². The molecule has 15 heavy (non-hydrogen) atoms. The molecule has 0 heterocycles. The Kier molecular flexibility index (Phi) is 3.13. The van der Waals surface area contributed by atoms with E-state index in [1.807, 2.05) is 0 Å². The van der Waals surface area contributed by atoms with Crippen molar-refractivity contribution in [1.82, 2.24) is 10.7 Å². The average molecular weight is 224 g/mol. The topological polar surface area (TPSA) is 62.4 Å². The van der Waals surface area contributed by atoms with Gasteiger partial charge in [-0.2, -0.15) is 13.2 Å². The van der Waals surface area contributed by atoms with Gasteiger partial charge in [-0.1, -0.05) is 0 Å². The fourth-order valence-electron chi connectivity index (χ4n) is 1.19. The molecule has 1 rings (SSSR count). The minimum absolute atomic E-state index is 0.0141. The monoisotopic (exact) mass is 224 g/mol. The van der Waals surface area contributed by atoms with Crippen molar-refractivity contribution in [3.63, 3.8) is 0 Å². The molecule has 0 amide bonds. The Labute approximate surface area is 86.1 Å². The number of hydrogen-bond donors (Lipinski definition) is 3. The first-order valence-electron chi connectivity index (χ1n) is 4.70. The van der Waals surface area contributed by atoms with Crippen molar-refractivity contribution in [2.75, 3.05) is 0 Å². The van der Waals surface area contributed by atoms with Crippen molar-refractivity contribution in [1.29, 1.82) is 0 Å². The highest BCUT2D eigenvalue weighted by molar-refractivity contribution is 5.80. The van der Waals surface area contributed by atoms with E-state index in [0.717, 1.165) is 0 Å². The van der Waals surface area contributed by atoms with E-state index < -0.39 is 11.7 Å². The predicted molar refractivity (Wildman–Crippen MR) is 51.0 cm³/mol. The van der Waals surface area contributed by atoms with E-state index in [0.29, 0.717) is 0 Å². The lowest BCUT2D eigenvalue weighted by Crippen LogP contribution is -2.54. The van der Waals surface area contributed by atoms with Gasteiger partial charge in [-0.15, -0.1) is 0 Å². The van der Waals surface area contributed by atoms with Crippen LogP contribution >= 0.6 is 0 Å². The molecule has 0 aromatic carbocycles. The van der Waals surface area contributed by atoms with Crippen molar-refractivity contribution in [2.24, 2.45) is 10.8 Å². The van der Waals surface area contributed by atoms with Gasteiger partial charge in [0.25, 0.3) is 0 Å². The SMILES string of the molecule is CC(C)N=C(NN)NC1(C(F)(F)F)CC1. The first-order valence-corrected chi connectivity index (χ1v) is 4.70. The van der Waals surface area contributed by atoms with Gasteiger partial charge in [0, 0.05) is 6.04 Å². The van der Waals surface area contributed by atoms with Crippen LogP contribution in [-0.4, -0.2) is 23.7 Å². The molecular weight excluding hydrogens is 209 g/mol. The normalized spacial score (nSPS) is 20.3. The van der Waals surface area contributed by atoms with Gasteiger partial charge in [0.15, 0.2) is 0 Å². The van der Waals surface area contributed by atoms with Crippen LogP contribution in [-0.2, 0) is 0 Å². The summed E-state index contributed by atoms with van der Waals surface area (Å²) in [7, 11) is 0. The lowest BCUT2D eigenvalue weighted by Gasteiger charge is -2.22. The first-order chi connectivity index (χ1) is 6.81. The van der Waals surface area contributed by atoms with Gasteiger partial charge in [-0.25, -0.2) is 10.8 Å². The van der Waals surface area contributed by atoms with Crippen LogP contribution in [0, 0.1) is 0 Å². The van der Waals surface area contributed by atoms with E-state index in [9.17, 15) is 13.2 Å². The third kappa shape index (κ3) is 2.74. The Bertz CT molecular complexity index is 255. The van der Waals surface area contributed by atoms with Gasteiger partial charge in [0.2, 0.25) is 5.96 Å². The van der Waals surface area contributed by atoms with Crippen LogP contribution in [0.3, 0.4) is 0 Å². The highest BCUT2D eigenvalue weighted by Gasteiger charge is 2.64. The Hall–Kier alpha value is -0.980. The van der Waals surface area contributed by atoms with Gasteiger partial charge in [0.05, 0.1) is 0 Å². The second kappa shape index (κ2) is 3.88. The van der Waals surface area contributed by atoms with Crippen LogP contribution in [0.4, 0.5) is 13.2 Å². The second-order valence-corrected chi connectivity index (χ2v) is 3.92. The molecule has 1 saturated carbocycles. The molecule has 0 aromatic rings. The van der Waals surface area contributed by atoms with Gasteiger partial charge >= 0.3 is 6.18 Å². The summed E-state index contributed by atoms with van der Waals surface area (Å²) in [5.74, 6) is 5.07. The van der Waals surface area contributed by atoms with Crippen molar-refractivity contribution in [3.8, 4) is 0 Å². The van der Waals surface area contributed by atoms with Crippen LogP contribution in [0.1, 0.15) is 26.7 Å². The van der Waals surface area contributed by atoms with Crippen LogP contribution in [0.25, 0.3) is 0 Å². The van der Waals surface area contributed by atoms with Crippen molar-refractivity contribution in [2.45, 2.75) is 44.4 Å². The maximum atomic E-state index is 12.5. The van der Waals surface area contributed by atoms with E-state index in [2.05, 4.69) is 15.7 Å². The summed E-state index contributed by atoms with van der Waals surface area (Å²) in [6.07, 6.45) is -4.13. The van der Waals surface area contributed by atoms with Crippen molar-refractivity contribution in [3.05, 3.63) is 0 Å².